The van der Waals surface area contributed by atoms with Crippen LogP contribution >= 0.6 is 11.6 Å². The smallest absolute Gasteiger partial charge is 0.151 e. The predicted molar refractivity (Wildman–Crippen MR) is 61.8 cm³/mol. The maximum atomic E-state index is 11.4. The Morgan fingerprint density at radius 1 is 1.36 bits per heavy atom. The Balaban J connectivity index is 3.93. The van der Waals surface area contributed by atoms with Crippen molar-refractivity contribution in [3.05, 3.63) is 0 Å². The fourth-order valence-electron chi connectivity index (χ4n) is 1.03. The van der Waals surface area contributed by atoms with Crippen LogP contribution in [0.25, 0.3) is 0 Å². The van der Waals surface area contributed by atoms with Gasteiger partial charge in [0, 0.05) is 24.2 Å². The van der Waals surface area contributed by atoms with Crippen LogP contribution in [0.15, 0.2) is 0 Å². The molecular formula is C9H20ClNO2S. The summed E-state index contributed by atoms with van der Waals surface area (Å²) in [6.45, 7) is 4.43. The molecule has 0 N–H and O–H groups in total. The second-order valence-electron chi connectivity index (χ2n) is 3.64. The van der Waals surface area contributed by atoms with Crippen LogP contribution in [0.1, 0.15) is 20.3 Å². The Kier molecular flexibility index (Phi) is 6.74. The largest absolute Gasteiger partial charge is 0.302 e. The number of nitrogens with zero attached hydrogens (tertiary/aromatic N) is 1. The lowest BCUT2D eigenvalue weighted by molar-refractivity contribution is 0.292. The standard InChI is InChI=1S/C9H20ClNO2S/c1-4-6-14(12,13)7-5-11(3)9(2)8-10/h9H,4-8H2,1-3H3. The molecule has 0 aliphatic heterocycles. The molecule has 0 aromatic heterocycles. The second kappa shape index (κ2) is 6.64. The van der Waals surface area contributed by atoms with Crippen molar-refractivity contribution >= 4 is 21.4 Å². The van der Waals surface area contributed by atoms with Gasteiger partial charge in [-0.25, -0.2) is 8.42 Å². The molecular weight excluding hydrogens is 222 g/mol. The van der Waals surface area contributed by atoms with E-state index in [-0.39, 0.29) is 17.5 Å². The second-order valence-corrected chi connectivity index (χ2v) is 6.25. The molecule has 1 unspecified atom stereocenters. The van der Waals surface area contributed by atoms with E-state index in [1.807, 2.05) is 25.8 Å². The fraction of sp³-hybridized carbons (Fsp3) is 1.00. The van der Waals surface area contributed by atoms with Gasteiger partial charge in [-0.15, -0.1) is 11.6 Å². The van der Waals surface area contributed by atoms with Gasteiger partial charge in [0.2, 0.25) is 0 Å². The number of alkyl halides is 1. The van der Waals surface area contributed by atoms with E-state index in [4.69, 9.17) is 11.6 Å². The number of sulfone groups is 1. The van der Waals surface area contributed by atoms with Crippen molar-refractivity contribution in [3.8, 4) is 0 Å². The quantitative estimate of drug-likeness (QED) is 0.632. The third-order valence-corrected chi connectivity index (χ3v) is 4.53. The minimum atomic E-state index is -2.85. The summed E-state index contributed by atoms with van der Waals surface area (Å²) in [5.74, 6) is 1.05. The van der Waals surface area contributed by atoms with Crippen molar-refractivity contribution in [3.63, 3.8) is 0 Å². The van der Waals surface area contributed by atoms with E-state index in [1.54, 1.807) is 0 Å². The molecule has 0 saturated carbocycles. The minimum Gasteiger partial charge on any atom is -0.302 e. The Morgan fingerprint density at radius 3 is 2.36 bits per heavy atom. The average molecular weight is 242 g/mol. The van der Waals surface area contributed by atoms with E-state index in [0.717, 1.165) is 0 Å². The van der Waals surface area contributed by atoms with E-state index < -0.39 is 9.84 Å². The molecule has 0 fully saturated rings. The van der Waals surface area contributed by atoms with Crippen molar-refractivity contribution in [1.82, 2.24) is 4.90 Å². The van der Waals surface area contributed by atoms with Crippen LogP contribution in [-0.4, -0.2) is 50.3 Å². The van der Waals surface area contributed by atoms with E-state index in [9.17, 15) is 8.42 Å². The van der Waals surface area contributed by atoms with Crippen LogP contribution in [0.3, 0.4) is 0 Å². The molecule has 0 spiro atoms. The van der Waals surface area contributed by atoms with Crippen molar-refractivity contribution in [2.45, 2.75) is 26.3 Å². The molecule has 5 heteroatoms. The predicted octanol–water partition coefficient (Wildman–Crippen LogP) is 1.37. The molecule has 0 heterocycles. The van der Waals surface area contributed by atoms with Crippen LogP contribution < -0.4 is 0 Å². The zero-order valence-electron chi connectivity index (χ0n) is 9.16. The topological polar surface area (TPSA) is 37.4 Å². The zero-order chi connectivity index (χ0) is 11.2. The van der Waals surface area contributed by atoms with Crippen molar-refractivity contribution in [1.29, 1.82) is 0 Å². The maximum absolute atomic E-state index is 11.4. The van der Waals surface area contributed by atoms with Crippen LogP contribution in [0.4, 0.5) is 0 Å². The summed E-state index contributed by atoms with van der Waals surface area (Å²) < 4.78 is 22.8. The lowest BCUT2D eigenvalue weighted by atomic mass is 10.3. The third kappa shape index (κ3) is 5.83. The van der Waals surface area contributed by atoms with Crippen molar-refractivity contribution in [2.75, 3.05) is 31.0 Å². The Morgan fingerprint density at radius 2 is 1.93 bits per heavy atom. The highest BCUT2D eigenvalue weighted by atomic mass is 35.5. The van der Waals surface area contributed by atoms with Gasteiger partial charge in [0.25, 0.3) is 0 Å². The van der Waals surface area contributed by atoms with Crippen molar-refractivity contribution in [2.24, 2.45) is 0 Å². The highest BCUT2D eigenvalue weighted by molar-refractivity contribution is 7.91. The Labute approximate surface area is 92.3 Å². The van der Waals surface area contributed by atoms with Gasteiger partial charge in [-0.05, 0) is 20.4 Å². The van der Waals surface area contributed by atoms with Gasteiger partial charge in [0.15, 0.2) is 9.84 Å². The number of halogens is 1. The van der Waals surface area contributed by atoms with E-state index >= 15 is 0 Å². The van der Waals surface area contributed by atoms with Gasteiger partial charge in [-0.2, -0.15) is 0 Å². The summed E-state index contributed by atoms with van der Waals surface area (Å²) in [4.78, 5) is 1.97. The molecule has 86 valence electrons. The first-order chi connectivity index (χ1) is 6.43. The van der Waals surface area contributed by atoms with E-state index in [1.165, 1.54) is 0 Å². The van der Waals surface area contributed by atoms with E-state index in [2.05, 4.69) is 0 Å². The van der Waals surface area contributed by atoms with Gasteiger partial charge >= 0.3 is 0 Å². The summed E-state index contributed by atoms with van der Waals surface area (Å²) in [6.07, 6.45) is 0.692. The van der Waals surface area contributed by atoms with Crippen LogP contribution in [0, 0.1) is 0 Å². The van der Waals surface area contributed by atoms with Crippen LogP contribution in [-0.2, 0) is 9.84 Å². The molecule has 0 bridgehead atoms. The summed E-state index contributed by atoms with van der Waals surface area (Å²) in [6, 6.07) is 0.230. The molecule has 0 radical (unpaired) electrons. The molecule has 0 amide bonds. The van der Waals surface area contributed by atoms with Crippen molar-refractivity contribution < 1.29 is 8.42 Å². The monoisotopic (exact) mass is 241 g/mol. The van der Waals surface area contributed by atoms with Crippen LogP contribution in [0.5, 0.6) is 0 Å². The lowest BCUT2D eigenvalue weighted by Crippen LogP contribution is -2.34. The number of hydrogen-bond acceptors (Lipinski definition) is 3. The third-order valence-electron chi connectivity index (χ3n) is 2.25. The molecule has 3 nitrogen and oxygen atoms in total. The first kappa shape index (κ1) is 14.2. The maximum Gasteiger partial charge on any atom is 0.151 e. The Bertz CT molecular complexity index is 241. The molecule has 0 saturated heterocycles. The molecule has 1 atom stereocenters. The lowest BCUT2D eigenvalue weighted by Gasteiger charge is -2.22. The molecule has 14 heavy (non-hydrogen) atoms. The fourth-order valence-corrected chi connectivity index (χ4v) is 2.66. The van der Waals surface area contributed by atoms with Crippen LogP contribution in [0.2, 0.25) is 0 Å². The highest BCUT2D eigenvalue weighted by Crippen LogP contribution is 2.00. The first-order valence-corrected chi connectivity index (χ1v) is 7.25. The molecule has 0 aliphatic rings. The average Bonchev–Trinajstić information content (AvgIpc) is 2.13. The molecule has 0 aromatic carbocycles. The SMILES string of the molecule is CCCS(=O)(=O)CCN(C)C(C)CCl. The first-order valence-electron chi connectivity index (χ1n) is 4.89. The van der Waals surface area contributed by atoms with Gasteiger partial charge in [-0.3, -0.25) is 0 Å². The van der Waals surface area contributed by atoms with Gasteiger partial charge in [0.1, 0.15) is 0 Å². The van der Waals surface area contributed by atoms with Gasteiger partial charge in [-0.1, -0.05) is 6.92 Å². The summed E-state index contributed by atoms with van der Waals surface area (Å²) in [5, 5.41) is 0. The number of rotatable bonds is 7. The highest BCUT2D eigenvalue weighted by Gasteiger charge is 2.13. The number of hydrogen-bond donors (Lipinski definition) is 0. The molecule has 0 aromatic rings. The minimum absolute atomic E-state index is 0.230. The normalized spacial score (nSPS) is 14.6. The molecule has 0 rings (SSSR count). The van der Waals surface area contributed by atoms with Gasteiger partial charge in [0.05, 0.1) is 5.75 Å². The zero-order valence-corrected chi connectivity index (χ0v) is 10.7. The molecule has 0 aliphatic carbocycles. The summed E-state index contributed by atoms with van der Waals surface area (Å²) >= 11 is 5.67. The summed E-state index contributed by atoms with van der Waals surface area (Å²) in [7, 11) is -0.956. The van der Waals surface area contributed by atoms with Gasteiger partial charge < -0.3 is 4.90 Å². The van der Waals surface area contributed by atoms with E-state index in [0.29, 0.717) is 18.8 Å². The Hall–Kier alpha value is 0.200. The summed E-state index contributed by atoms with van der Waals surface area (Å²) in [5.41, 5.74) is 0.